The number of amides is 2. The first-order chi connectivity index (χ1) is 11.7. The van der Waals surface area contributed by atoms with E-state index in [0.717, 1.165) is 6.20 Å². The lowest BCUT2D eigenvalue weighted by Crippen LogP contribution is -2.37. The van der Waals surface area contributed by atoms with E-state index in [0.29, 0.717) is 37.6 Å². The number of carbonyl (C=O) groups is 1. The van der Waals surface area contributed by atoms with Gasteiger partial charge < -0.3 is 9.47 Å². The number of hydrogen-bond acceptors (Lipinski definition) is 3. The van der Waals surface area contributed by atoms with E-state index < -0.39 is 11.9 Å². The molecule has 136 valence electrons. The molecule has 0 aliphatic carbocycles. The van der Waals surface area contributed by atoms with E-state index in [-0.39, 0.29) is 11.9 Å². The summed E-state index contributed by atoms with van der Waals surface area (Å²) in [6.45, 7) is 0.858. The molecule has 25 heavy (non-hydrogen) atoms. The molecule has 0 spiro atoms. The van der Waals surface area contributed by atoms with Crippen LogP contribution in [0.15, 0.2) is 18.5 Å². The molecule has 0 unspecified atom stereocenters. The van der Waals surface area contributed by atoms with Crippen LogP contribution in [-0.4, -0.2) is 43.9 Å². The summed E-state index contributed by atoms with van der Waals surface area (Å²) in [7, 11) is 3.40. The summed E-state index contributed by atoms with van der Waals surface area (Å²) in [6.07, 6.45) is -0.504. The fourth-order valence-corrected chi connectivity index (χ4v) is 2.96. The summed E-state index contributed by atoms with van der Waals surface area (Å²) in [5.41, 5.74) is -0.857. The number of alkyl halides is 3. The summed E-state index contributed by atoms with van der Waals surface area (Å²) in [6, 6.07) is 1.38. The normalized spacial score (nSPS) is 17.2. The predicted molar refractivity (Wildman–Crippen MR) is 83.9 cm³/mol. The van der Waals surface area contributed by atoms with Crippen LogP contribution in [0, 0.1) is 5.92 Å². The van der Waals surface area contributed by atoms with Crippen molar-refractivity contribution in [2.75, 3.05) is 18.9 Å². The largest absolute Gasteiger partial charge is 0.434 e. The SMILES string of the molecule is CN(C[C@H]1CCc2nc(C(F)(F)F)cn2C1)C(=O)Nc1ccn(C)n1. The van der Waals surface area contributed by atoms with Crippen molar-refractivity contribution in [3.8, 4) is 0 Å². The van der Waals surface area contributed by atoms with Crippen LogP contribution in [0.2, 0.25) is 0 Å². The van der Waals surface area contributed by atoms with E-state index in [9.17, 15) is 18.0 Å². The van der Waals surface area contributed by atoms with Crippen molar-refractivity contribution >= 4 is 11.8 Å². The Labute approximate surface area is 142 Å². The van der Waals surface area contributed by atoms with Crippen molar-refractivity contribution in [2.24, 2.45) is 13.0 Å². The lowest BCUT2D eigenvalue weighted by molar-refractivity contribution is -0.141. The molecule has 0 fully saturated rings. The maximum absolute atomic E-state index is 12.8. The smallest absolute Gasteiger partial charge is 0.334 e. The fraction of sp³-hybridized carbons (Fsp3) is 0.533. The molecule has 0 bridgehead atoms. The van der Waals surface area contributed by atoms with Gasteiger partial charge in [-0.15, -0.1) is 0 Å². The molecule has 0 radical (unpaired) electrons. The highest BCUT2D eigenvalue weighted by Crippen LogP contribution is 2.30. The van der Waals surface area contributed by atoms with E-state index in [4.69, 9.17) is 0 Å². The van der Waals surface area contributed by atoms with Crippen LogP contribution < -0.4 is 5.32 Å². The second-order valence-corrected chi connectivity index (χ2v) is 6.28. The number of fused-ring (bicyclic) bond motifs is 1. The van der Waals surface area contributed by atoms with Crippen LogP contribution in [-0.2, 0) is 26.2 Å². The minimum Gasteiger partial charge on any atom is -0.334 e. The van der Waals surface area contributed by atoms with Crippen molar-refractivity contribution in [2.45, 2.75) is 25.6 Å². The number of aryl methyl sites for hydroxylation is 2. The van der Waals surface area contributed by atoms with Gasteiger partial charge in [0.05, 0.1) is 0 Å². The Bertz CT molecular complexity index is 766. The van der Waals surface area contributed by atoms with Crippen LogP contribution in [0.4, 0.5) is 23.8 Å². The van der Waals surface area contributed by atoms with E-state index in [2.05, 4.69) is 15.4 Å². The summed E-state index contributed by atoms with van der Waals surface area (Å²) < 4.78 is 41.4. The number of hydrogen-bond donors (Lipinski definition) is 1. The molecule has 1 N–H and O–H groups in total. The van der Waals surface area contributed by atoms with Gasteiger partial charge in [0, 0.05) is 52.1 Å². The van der Waals surface area contributed by atoms with Crippen molar-refractivity contribution in [3.63, 3.8) is 0 Å². The third kappa shape index (κ3) is 3.94. The van der Waals surface area contributed by atoms with Gasteiger partial charge in [0.1, 0.15) is 5.82 Å². The van der Waals surface area contributed by atoms with Gasteiger partial charge in [0.25, 0.3) is 0 Å². The Morgan fingerprint density at radius 2 is 2.24 bits per heavy atom. The van der Waals surface area contributed by atoms with Gasteiger partial charge in [-0.25, -0.2) is 9.78 Å². The average molecular weight is 356 g/mol. The molecular weight excluding hydrogens is 337 g/mol. The number of nitrogens with one attached hydrogen (secondary N) is 1. The van der Waals surface area contributed by atoms with Gasteiger partial charge in [-0.3, -0.25) is 10.00 Å². The first-order valence-electron chi connectivity index (χ1n) is 7.87. The summed E-state index contributed by atoms with van der Waals surface area (Å²) in [5.74, 6) is 0.973. The van der Waals surface area contributed by atoms with Crippen LogP contribution in [0.5, 0.6) is 0 Å². The molecule has 0 aromatic carbocycles. The minimum atomic E-state index is -4.43. The van der Waals surface area contributed by atoms with E-state index in [1.54, 1.807) is 35.6 Å². The lowest BCUT2D eigenvalue weighted by atomic mass is 9.99. The van der Waals surface area contributed by atoms with Crippen molar-refractivity contribution in [3.05, 3.63) is 30.0 Å². The standard InChI is InChI=1S/C15H19F3N6O/c1-22(14(25)20-12-5-6-23(2)21-12)7-10-3-4-13-19-11(15(16,17)18)9-24(13)8-10/h5-6,9-10H,3-4,7-8H2,1-2H3,(H,20,21,25)/t10-/m1/s1. The molecule has 2 aromatic heterocycles. The molecule has 2 aromatic rings. The quantitative estimate of drug-likeness (QED) is 0.918. The first-order valence-corrected chi connectivity index (χ1v) is 7.87. The molecule has 1 aliphatic rings. The van der Waals surface area contributed by atoms with Gasteiger partial charge in [-0.05, 0) is 12.3 Å². The second kappa shape index (κ2) is 6.41. The third-order valence-electron chi connectivity index (χ3n) is 4.21. The lowest BCUT2D eigenvalue weighted by Gasteiger charge is -2.28. The van der Waals surface area contributed by atoms with Crippen LogP contribution in [0.3, 0.4) is 0 Å². The molecule has 3 heterocycles. The summed E-state index contributed by atoms with van der Waals surface area (Å²) >= 11 is 0. The summed E-state index contributed by atoms with van der Waals surface area (Å²) in [4.78, 5) is 17.4. The maximum atomic E-state index is 12.8. The van der Waals surface area contributed by atoms with Crippen molar-refractivity contribution < 1.29 is 18.0 Å². The van der Waals surface area contributed by atoms with Crippen LogP contribution in [0.25, 0.3) is 0 Å². The van der Waals surface area contributed by atoms with E-state index in [1.165, 1.54) is 4.90 Å². The zero-order chi connectivity index (χ0) is 18.2. The highest BCUT2D eigenvalue weighted by atomic mass is 19.4. The monoisotopic (exact) mass is 356 g/mol. The predicted octanol–water partition coefficient (Wildman–Crippen LogP) is 2.36. The van der Waals surface area contributed by atoms with Gasteiger partial charge in [0.15, 0.2) is 11.5 Å². The minimum absolute atomic E-state index is 0.0715. The first kappa shape index (κ1) is 17.3. The number of nitrogens with zero attached hydrogens (tertiary/aromatic N) is 5. The van der Waals surface area contributed by atoms with E-state index >= 15 is 0 Å². The number of carbonyl (C=O) groups excluding carboxylic acids is 1. The molecule has 10 heteroatoms. The summed E-state index contributed by atoms with van der Waals surface area (Å²) in [5, 5.41) is 6.76. The number of imidazole rings is 1. The highest BCUT2D eigenvalue weighted by molar-refractivity contribution is 5.87. The fourth-order valence-electron chi connectivity index (χ4n) is 2.96. The molecule has 0 saturated carbocycles. The van der Waals surface area contributed by atoms with Crippen molar-refractivity contribution in [1.29, 1.82) is 0 Å². The van der Waals surface area contributed by atoms with Gasteiger partial charge in [-0.1, -0.05) is 0 Å². The molecule has 1 atom stereocenters. The topological polar surface area (TPSA) is 68.0 Å². The Balaban J connectivity index is 1.58. The molecule has 0 saturated heterocycles. The molecule has 3 rings (SSSR count). The van der Waals surface area contributed by atoms with Gasteiger partial charge in [-0.2, -0.15) is 18.3 Å². The third-order valence-corrected chi connectivity index (χ3v) is 4.21. The molecular formula is C15H19F3N6O. The number of rotatable bonds is 3. The Morgan fingerprint density at radius 3 is 2.88 bits per heavy atom. The average Bonchev–Trinajstić information content (AvgIpc) is 3.12. The highest BCUT2D eigenvalue weighted by Gasteiger charge is 2.36. The molecule has 1 aliphatic heterocycles. The number of aromatic nitrogens is 4. The Hall–Kier alpha value is -2.52. The van der Waals surface area contributed by atoms with Crippen LogP contribution >= 0.6 is 0 Å². The second-order valence-electron chi connectivity index (χ2n) is 6.28. The van der Waals surface area contributed by atoms with Crippen molar-refractivity contribution in [1.82, 2.24) is 24.2 Å². The van der Waals surface area contributed by atoms with E-state index in [1.807, 2.05) is 0 Å². The van der Waals surface area contributed by atoms with Crippen LogP contribution in [0.1, 0.15) is 17.9 Å². The van der Waals surface area contributed by atoms with Gasteiger partial charge >= 0.3 is 12.2 Å². The zero-order valence-electron chi connectivity index (χ0n) is 13.9. The molecule has 2 amide bonds. The number of anilines is 1. The zero-order valence-corrected chi connectivity index (χ0v) is 13.9. The van der Waals surface area contributed by atoms with Gasteiger partial charge in [0.2, 0.25) is 0 Å². The number of halogens is 3. The Morgan fingerprint density at radius 1 is 1.48 bits per heavy atom. The number of urea groups is 1. The molecule has 7 nitrogen and oxygen atoms in total. The Kier molecular flexibility index (Phi) is 4.44. The maximum Gasteiger partial charge on any atom is 0.434 e.